The summed E-state index contributed by atoms with van der Waals surface area (Å²) in [6.07, 6.45) is -0.654. The van der Waals surface area contributed by atoms with Gasteiger partial charge in [0.1, 0.15) is 18.6 Å². The number of carbonyl (C=O) groups excluding carboxylic acids is 3. The van der Waals surface area contributed by atoms with Crippen molar-refractivity contribution in [3.8, 4) is 11.1 Å². The highest BCUT2D eigenvalue weighted by atomic mass is 16.5. The molecule has 33 heavy (non-hydrogen) atoms. The first-order valence-electron chi connectivity index (χ1n) is 10.8. The number of ether oxygens (including phenoxy) is 1. The van der Waals surface area contributed by atoms with E-state index in [0.717, 1.165) is 22.3 Å². The number of alkyl carbamates (subject to hydrolysis) is 1. The highest BCUT2D eigenvalue weighted by Crippen LogP contribution is 2.44. The van der Waals surface area contributed by atoms with Gasteiger partial charge in [0.05, 0.1) is 5.92 Å². The van der Waals surface area contributed by atoms with Gasteiger partial charge >= 0.3 is 12.1 Å². The molecule has 0 bridgehead atoms. The smallest absolute Gasteiger partial charge is 0.407 e. The van der Waals surface area contributed by atoms with Gasteiger partial charge in [0.2, 0.25) is 11.8 Å². The van der Waals surface area contributed by atoms with Gasteiger partial charge < -0.3 is 25.8 Å². The molecule has 3 unspecified atom stereocenters. The monoisotopic (exact) mass is 451 g/mol. The lowest BCUT2D eigenvalue weighted by atomic mass is 9.98. The lowest BCUT2D eigenvalue weighted by Gasteiger charge is -2.19. The van der Waals surface area contributed by atoms with E-state index in [2.05, 4.69) is 16.0 Å². The van der Waals surface area contributed by atoms with Crippen LogP contribution in [0.2, 0.25) is 0 Å². The molecular formula is C24H25N3O6. The van der Waals surface area contributed by atoms with Gasteiger partial charge in [0.15, 0.2) is 0 Å². The number of carboxylic acids is 1. The van der Waals surface area contributed by atoms with Crippen molar-refractivity contribution in [3.05, 3.63) is 59.7 Å². The second kappa shape index (κ2) is 9.32. The molecule has 2 aliphatic rings. The minimum absolute atomic E-state index is 0.0193. The summed E-state index contributed by atoms with van der Waals surface area (Å²) in [6, 6.07) is 14.9. The van der Waals surface area contributed by atoms with Crippen LogP contribution in [0.15, 0.2) is 48.5 Å². The molecular weight excluding hydrogens is 426 g/mol. The van der Waals surface area contributed by atoms with Crippen LogP contribution in [-0.2, 0) is 19.1 Å². The van der Waals surface area contributed by atoms with Crippen LogP contribution < -0.4 is 16.0 Å². The lowest BCUT2D eigenvalue weighted by Crippen LogP contribution is -2.48. The number of carbonyl (C=O) groups is 4. The molecule has 0 spiro atoms. The van der Waals surface area contributed by atoms with Crippen LogP contribution in [0.3, 0.4) is 0 Å². The fourth-order valence-corrected chi connectivity index (χ4v) is 4.29. The van der Waals surface area contributed by atoms with Crippen LogP contribution in [0, 0.1) is 11.8 Å². The largest absolute Gasteiger partial charge is 0.481 e. The second-order valence-corrected chi connectivity index (χ2v) is 8.28. The van der Waals surface area contributed by atoms with Crippen molar-refractivity contribution < 1.29 is 29.0 Å². The highest BCUT2D eigenvalue weighted by molar-refractivity contribution is 5.95. The van der Waals surface area contributed by atoms with Crippen molar-refractivity contribution in [2.75, 3.05) is 19.7 Å². The third-order valence-electron chi connectivity index (χ3n) is 6.14. The van der Waals surface area contributed by atoms with Crippen molar-refractivity contribution in [1.82, 2.24) is 16.0 Å². The Morgan fingerprint density at radius 2 is 1.70 bits per heavy atom. The highest BCUT2D eigenvalue weighted by Gasteiger charge is 2.41. The van der Waals surface area contributed by atoms with E-state index >= 15 is 0 Å². The molecule has 1 fully saturated rings. The summed E-state index contributed by atoms with van der Waals surface area (Å²) in [5.41, 5.74) is 4.45. The van der Waals surface area contributed by atoms with Crippen LogP contribution in [0.25, 0.3) is 11.1 Å². The molecule has 1 heterocycles. The van der Waals surface area contributed by atoms with E-state index < -0.39 is 41.8 Å². The van der Waals surface area contributed by atoms with E-state index in [0.29, 0.717) is 0 Å². The van der Waals surface area contributed by atoms with Crippen molar-refractivity contribution >= 4 is 23.9 Å². The fraction of sp³-hybridized carbons (Fsp3) is 0.333. The van der Waals surface area contributed by atoms with Gasteiger partial charge in [0.25, 0.3) is 0 Å². The Morgan fingerprint density at radius 1 is 1.09 bits per heavy atom. The molecule has 1 aliphatic heterocycles. The number of hydrogen-bond acceptors (Lipinski definition) is 5. The number of rotatable bonds is 7. The molecule has 0 aromatic heterocycles. The number of carboxylic acid groups (broad SMARTS) is 1. The predicted octanol–water partition coefficient (Wildman–Crippen LogP) is 1.48. The molecule has 2 aromatic rings. The Labute approximate surface area is 190 Å². The minimum atomic E-state index is -1.16. The SMILES string of the molecule is CC(CNC(=O)OCC1c2ccccc2-c2ccccc21)C(=O)NC1C(=O)NCC1C(=O)O. The van der Waals surface area contributed by atoms with E-state index in [1.807, 2.05) is 48.5 Å². The molecule has 172 valence electrons. The molecule has 0 radical (unpaired) electrons. The van der Waals surface area contributed by atoms with Crippen LogP contribution in [0.4, 0.5) is 4.79 Å². The lowest BCUT2D eigenvalue weighted by molar-refractivity contribution is -0.143. The summed E-state index contributed by atoms with van der Waals surface area (Å²) >= 11 is 0. The molecule has 9 nitrogen and oxygen atoms in total. The zero-order chi connectivity index (χ0) is 23.5. The first kappa shape index (κ1) is 22.3. The molecule has 1 saturated heterocycles. The van der Waals surface area contributed by atoms with Crippen LogP contribution in [-0.4, -0.2) is 54.7 Å². The molecule has 0 saturated carbocycles. The summed E-state index contributed by atoms with van der Waals surface area (Å²) in [7, 11) is 0. The summed E-state index contributed by atoms with van der Waals surface area (Å²) < 4.78 is 5.45. The Bertz CT molecular complexity index is 1060. The maximum absolute atomic E-state index is 12.4. The van der Waals surface area contributed by atoms with Gasteiger partial charge in [-0.2, -0.15) is 0 Å². The van der Waals surface area contributed by atoms with Crippen LogP contribution in [0.1, 0.15) is 24.0 Å². The molecule has 9 heteroatoms. The number of aliphatic carboxylic acids is 1. The van der Waals surface area contributed by atoms with Crippen molar-refractivity contribution in [2.24, 2.45) is 11.8 Å². The summed E-state index contributed by atoms with van der Waals surface area (Å²) in [5, 5.41) is 16.6. The number of hydrogen-bond donors (Lipinski definition) is 4. The Balaban J connectivity index is 1.29. The first-order chi connectivity index (χ1) is 15.9. The number of fused-ring (bicyclic) bond motifs is 3. The van der Waals surface area contributed by atoms with Gasteiger partial charge in [-0.25, -0.2) is 4.79 Å². The van der Waals surface area contributed by atoms with Crippen molar-refractivity contribution in [3.63, 3.8) is 0 Å². The predicted molar refractivity (Wildman–Crippen MR) is 118 cm³/mol. The molecule has 3 atom stereocenters. The molecule has 2 aromatic carbocycles. The maximum atomic E-state index is 12.4. The molecule has 1 aliphatic carbocycles. The van der Waals surface area contributed by atoms with Crippen LogP contribution >= 0.6 is 0 Å². The average Bonchev–Trinajstić information content (AvgIpc) is 3.34. The maximum Gasteiger partial charge on any atom is 0.407 e. The average molecular weight is 451 g/mol. The Kier molecular flexibility index (Phi) is 6.30. The quantitative estimate of drug-likeness (QED) is 0.504. The zero-order valence-electron chi connectivity index (χ0n) is 18.0. The number of nitrogens with one attached hydrogen (secondary N) is 3. The molecule has 3 amide bonds. The van der Waals surface area contributed by atoms with Crippen molar-refractivity contribution in [1.29, 1.82) is 0 Å². The van der Waals surface area contributed by atoms with Gasteiger partial charge in [-0.3, -0.25) is 14.4 Å². The standard InChI is InChI=1S/C24H25N3O6/c1-13(21(28)27-20-18(23(30)31)11-25-22(20)29)10-26-24(32)33-12-19-16-8-4-2-6-14(16)15-7-3-5-9-17(15)19/h2-9,13,18-20H,10-12H2,1H3,(H,25,29)(H,26,32)(H,27,28)(H,30,31). The Morgan fingerprint density at radius 3 is 2.30 bits per heavy atom. The van der Waals surface area contributed by atoms with E-state index in [-0.39, 0.29) is 25.6 Å². The Hall–Kier alpha value is -3.88. The summed E-state index contributed by atoms with van der Waals surface area (Å²) in [6.45, 7) is 1.67. The van der Waals surface area contributed by atoms with E-state index in [9.17, 15) is 24.3 Å². The topological polar surface area (TPSA) is 134 Å². The second-order valence-electron chi connectivity index (χ2n) is 8.28. The first-order valence-corrected chi connectivity index (χ1v) is 10.8. The normalized spacial score (nSPS) is 19.7. The van der Waals surface area contributed by atoms with Gasteiger partial charge in [-0.05, 0) is 22.3 Å². The summed E-state index contributed by atoms with van der Waals surface area (Å²) in [5.74, 6) is -4.01. The van der Waals surface area contributed by atoms with Crippen molar-refractivity contribution in [2.45, 2.75) is 18.9 Å². The third kappa shape index (κ3) is 4.52. The summed E-state index contributed by atoms with van der Waals surface area (Å²) in [4.78, 5) is 47.7. The fourth-order valence-electron chi connectivity index (χ4n) is 4.29. The molecule has 4 rings (SSSR count). The molecule has 4 N–H and O–H groups in total. The number of amides is 3. The minimum Gasteiger partial charge on any atom is -0.481 e. The van der Waals surface area contributed by atoms with E-state index in [1.165, 1.54) is 0 Å². The van der Waals surface area contributed by atoms with E-state index in [1.54, 1.807) is 6.92 Å². The van der Waals surface area contributed by atoms with Gasteiger partial charge in [-0.1, -0.05) is 55.5 Å². The zero-order valence-corrected chi connectivity index (χ0v) is 18.0. The number of benzene rings is 2. The van der Waals surface area contributed by atoms with Gasteiger partial charge in [0, 0.05) is 19.0 Å². The van der Waals surface area contributed by atoms with Gasteiger partial charge in [-0.15, -0.1) is 0 Å². The van der Waals surface area contributed by atoms with E-state index in [4.69, 9.17) is 4.74 Å². The van der Waals surface area contributed by atoms with Crippen LogP contribution in [0.5, 0.6) is 0 Å². The third-order valence-corrected chi connectivity index (χ3v) is 6.14.